The van der Waals surface area contributed by atoms with E-state index in [0.29, 0.717) is 35.0 Å². The zero-order chi connectivity index (χ0) is 25.8. The number of nitrogens with one attached hydrogen (secondary N) is 1. The number of fused-ring (bicyclic) bond motifs is 1. The lowest BCUT2D eigenvalue weighted by atomic mass is 9.79. The quantitative estimate of drug-likeness (QED) is 0.484. The summed E-state index contributed by atoms with van der Waals surface area (Å²) in [5, 5.41) is 7.86. The highest BCUT2D eigenvalue weighted by Gasteiger charge is 2.52. The Labute approximate surface area is 216 Å². The monoisotopic (exact) mass is 514 g/mol. The number of carbonyl (C=O) groups excluding carboxylic acids is 2. The van der Waals surface area contributed by atoms with Gasteiger partial charge in [-0.15, -0.1) is 0 Å². The van der Waals surface area contributed by atoms with E-state index in [0.717, 1.165) is 25.1 Å². The SMILES string of the molecule is COC(=O)C1CN([C@H]2CCCn3nc(C(=O)Nc4cccc(B5OC(C)(C)C(C)(C)O5)c4Cl)cc32)C1. The number of nitrogens with zero attached hydrogens (tertiary/aromatic N) is 3. The van der Waals surface area contributed by atoms with Crippen LogP contribution < -0.4 is 10.8 Å². The van der Waals surface area contributed by atoms with Crippen LogP contribution in [0.5, 0.6) is 0 Å². The highest BCUT2D eigenvalue weighted by atomic mass is 35.5. The second kappa shape index (κ2) is 9.17. The lowest BCUT2D eigenvalue weighted by Gasteiger charge is -2.44. The molecular formula is C25H32BClN4O5. The third-order valence-corrected chi connectivity index (χ3v) is 8.32. The Hall–Kier alpha value is -2.40. The minimum atomic E-state index is -0.634. The predicted octanol–water partition coefficient (Wildman–Crippen LogP) is 3.03. The highest BCUT2D eigenvalue weighted by molar-refractivity contribution is 6.66. The number of amides is 1. The number of aromatic nitrogens is 2. The Morgan fingerprint density at radius 2 is 1.89 bits per heavy atom. The Morgan fingerprint density at radius 1 is 1.19 bits per heavy atom. The molecule has 5 rings (SSSR count). The number of rotatable bonds is 5. The molecule has 0 spiro atoms. The summed E-state index contributed by atoms with van der Waals surface area (Å²) in [5.41, 5.74) is 1.46. The molecule has 2 aromatic rings. The number of ether oxygens (including phenoxy) is 1. The van der Waals surface area contributed by atoms with Crippen molar-refractivity contribution < 1.29 is 23.6 Å². The summed E-state index contributed by atoms with van der Waals surface area (Å²) in [6, 6.07) is 7.38. The molecule has 2 saturated heterocycles. The van der Waals surface area contributed by atoms with Crippen molar-refractivity contribution in [3.8, 4) is 0 Å². The van der Waals surface area contributed by atoms with Gasteiger partial charge >= 0.3 is 13.1 Å². The summed E-state index contributed by atoms with van der Waals surface area (Å²) < 4.78 is 19.0. The van der Waals surface area contributed by atoms with Crippen LogP contribution in [0.25, 0.3) is 0 Å². The summed E-state index contributed by atoms with van der Waals surface area (Å²) >= 11 is 6.71. The number of likely N-dealkylation sites (tertiary alicyclic amines) is 1. The number of benzene rings is 1. The third-order valence-electron chi connectivity index (χ3n) is 7.90. The predicted molar refractivity (Wildman–Crippen MR) is 136 cm³/mol. The number of methoxy groups -OCH3 is 1. The summed E-state index contributed by atoms with van der Waals surface area (Å²) in [6.45, 7) is 10.0. The van der Waals surface area contributed by atoms with Crippen LogP contribution in [0.15, 0.2) is 24.3 Å². The molecule has 1 atom stereocenters. The average molecular weight is 515 g/mol. The van der Waals surface area contributed by atoms with Crippen molar-refractivity contribution in [1.29, 1.82) is 0 Å². The molecule has 36 heavy (non-hydrogen) atoms. The number of halogens is 1. The molecule has 9 nitrogen and oxygen atoms in total. The maximum Gasteiger partial charge on any atom is 0.496 e. The van der Waals surface area contributed by atoms with Crippen LogP contribution in [0, 0.1) is 5.92 Å². The van der Waals surface area contributed by atoms with Crippen molar-refractivity contribution in [2.45, 2.75) is 64.3 Å². The second-order valence-electron chi connectivity index (χ2n) is 10.8. The van der Waals surface area contributed by atoms with Gasteiger partial charge in [-0.1, -0.05) is 23.7 Å². The first-order valence-electron chi connectivity index (χ1n) is 12.4. The fraction of sp³-hybridized carbons (Fsp3) is 0.560. The molecule has 11 heteroatoms. The number of esters is 1. The van der Waals surface area contributed by atoms with Gasteiger partial charge in [0.2, 0.25) is 0 Å². The molecule has 3 aliphatic rings. The fourth-order valence-electron chi connectivity index (χ4n) is 5.01. The molecule has 3 aliphatic heterocycles. The van der Waals surface area contributed by atoms with Gasteiger partial charge in [0.05, 0.1) is 46.7 Å². The van der Waals surface area contributed by atoms with Gasteiger partial charge in [-0.3, -0.25) is 19.2 Å². The minimum Gasteiger partial charge on any atom is -0.469 e. The number of hydrogen-bond donors (Lipinski definition) is 1. The molecule has 0 saturated carbocycles. The van der Waals surface area contributed by atoms with Gasteiger partial charge in [0.1, 0.15) is 0 Å². The summed E-state index contributed by atoms with van der Waals surface area (Å²) in [5.74, 6) is -0.593. The van der Waals surface area contributed by atoms with Crippen LogP contribution in [0.1, 0.15) is 62.8 Å². The van der Waals surface area contributed by atoms with E-state index in [2.05, 4.69) is 15.3 Å². The Balaban J connectivity index is 1.31. The lowest BCUT2D eigenvalue weighted by molar-refractivity contribution is -0.152. The molecule has 0 bridgehead atoms. The van der Waals surface area contributed by atoms with Crippen molar-refractivity contribution in [1.82, 2.24) is 14.7 Å². The number of carbonyl (C=O) groups is 2. The first kappa shape index (κ1) is 25.3. The zero-order valence-corrected chi connectivity index (χ0v) is 22.1. The van der Waals surface area contributed by atoms with Crippen molar-refractivity contribution in [2.24, 2.45) is 5.92 Å². The van der Waals surface area contributed by atoms with Gasteiger partial charge in [0.15, 0.2) is 5.69 Å². The van der Waals surface area contributed by atoms with Crippen LogP contribution >= 0.6 is 11.6 Å². The molecule has 1 amide bonds. The van der Waals surface area contributed by atoms with Gasteiger partial charge in [0.25, 0.3) is 5.91 Å². The first-order valence-corrected chi connectivity index (χ1v) is 12.7. The van der Waals surface area contributed by atoms with E-state index in [1.54, 1.807) is 6.07 Å². The van der Waals surface area contributed by atoms with E-state index in [1.807, 2.05) is 50.6 Å². The van der Waals surface area contributed by atoms with Gasteiger partial charge < -0.3 is 19.4 Å². The van der Waals surface area contributed by atoms with E-state index in [-0.39, 0.29) is 23.8 Å². The third kappa shape index (κ3) is 4.34. The fourth-order valence-corrected chi connectivity index (χ4v) is 5.27. The van der Waals surface area contributed by atoms with E-state index >= 15 is 0 Å². The summed E-state index contributed by atoms with van der Waals surface area (Å²) in [7, 11) is 0.786. The number of anilines is 1. The maximum absolute atomic E-state index is 13.2. The number of aryl methyl sites for hydroxylation is 1. The molecule has 1 aromatic carbocycles. The van der Waals surface area contributed by atoms with Crippen LogP contribution in [0.3, 0.4) is 0 Å². The van der Waals surface area contributed by atoms with Crippen LogP contribution in [0.4, 0.5) is 5.69 Å². The minimum absolute atomic E-state index is 0.0885. The van der Waals surface area contributed by atoms with Crippen molar-refractivity contribution in [3.05, 3.63) is 40.7 Å². The Morgan fingerprint density at radius 3 is 2.56 bits per heavy atom. The molecule has 2 fully saturated rings. The Bertz CT molecular complexity index is 1180. The van der Waals surface area contributed by atoms with Crippen molar-refractivity contribution in [3.63, 3.8) is 0 Å². The molecule has 0 unspecified atom stereocenters. The van der Waals surface area contributed by atoms with Gasteiger partial charge in [0, 0.05) is 25.1 Å². The smallest absolute Gasteiger partial charge is 0.469 e. The van der Waals surface area contributed by atoms with Gasteiger partial charge in [-0.05, 0) is 52.7 Å². The molecule has 0 radical (unpaired) electrons. The lowest BCUT2D eigenvalue weighted by Crippen LogP contribution is -2.52. The Kier molecular flexibility index (Phi) is 6.43. The number of hydrogen-bond acceptors (Lipinski definition) is 7. The highest BCUT2D eigenvalue weighted by Crippen LogP contribution is 2.38. The molecular weight excluding hydrogens is 483 g/mol. The van der Waals surface area contributed by atoms with Gasteiger partial charge in [-0.25, -0.2) is 0 Å². The summed E-state index contributed by atoms with van der Waals surface area (Å²) in [6.07, 6.45) is 1.92. The summed E-state index contributed by atoms with van der Waals surface area (Å²) in [4.78, 5) is 27.2. The van der Waals surface area contributed by atoms with E-state index in [9.17, 15) is 9.59 Å². The van der Waals surface area contributed by atoms with E-state index in [4.69, 9.17) is 25.6 Å². The molecule has 192 valence electrons. The average Bonchev–Trinajstić information content (AvgIpc) is 3.32. The topological polar surface area (TPSA) is 94.9 Å². The van der Waals surface area contributed by atoms with Gasteiger partial charge in [-0.2, -0.15) is 5.10 Å². The molecule has 1 N–H and O–H groups in total. The van der Waals surface area contributed by atoms with Crippen molar-refractivity contribution >= 4 is 41.7 Å². The standard InChI is InChI=1S/C25H32BClN4O5/c1-24(2)25(3,4)36-26(35-24)16-8-6-9-17(21(16)27)28-22(32)18-12-20-19(10-7-11-31(20)29-18)30-13-15(14-30)23(33)34-5/h6,8-9,12,15,19H,7,10-11,13-14H2,1-5H3,(H,28,32)/t19-/m0/s1. The van der Waals surface area contributed by atoms with Crippen LogP contribution in [-0.2, 0) is 25.4 Å². The zero-order valence-electron chi connectivity index (χ0n) is 21.3. The van der Waals surface area contributed by atoms with E-state index < -0.39 is 18.3 Å². The van der Waals surface area contributed by atoms with Crippen LogP contribution in [0.2, 0.25) is 5.02 Å². The molecule has 1 aromatic heterocycles. The maximum atomic E-state index is 13.2. The first-order chi connectivity index (χ1) is 17.0. The van der Waals surface area contributed by atoms with Crippen molar-refractivity contribution in [2.75, 3.05) is 25.5 Å². The van der Waals surface area contributed by atoms with E-state index in [1.165, 1.54) is 7.11 Å². The second-order valence-corrected chi connectivity index (χ2v) is 11.1. The molecule has 4 heterocycles. The normalized spacial score (nSPS) is 23.2. The largest absolute Gasteiger partial charge is 0.496 e. The van der Waals surface area contributed by atoms with Crippen LogP contribution in [-0.4, -0.2) is 65.1 Å². The molecule has 0 aliphatic carbocycles.